The zero-order valence-corrected chi connectivity index (χ0v) is 7.56. The SMILES string of the molecule is Cl.[H-].[Na+].c1ccncc1. The number of hydrogen-bond acceptors (Lipinski definition) is 1. The van der Waals surface area contributed by atoms with E-state index in [-0.39, 0.29) is 43.4 Å². The molecule has 0 aliphatic rings. The second kappa shape index (κ2) is 7.44. The van der Waals surface area contributed by atoms with Crippen LogP contribution < -0.4 is 29.6 Å². The summed E-state index contributed by atoms with van der Waals surface area (Å²) in [6, 6.07) is 5.72. The number of aromatic nitrogens is 1. The Morgan fingerprint density at radius 3 is 1.62 bits per heavy atom. The van der Waals surface area contributed by atoms with Gasteiger partial charge in [0.25, 0.3) is 0 Å². The van der Waals surface area contributed by atoms with Crippen LogP contribution in [-0.2, 0) is 0 Å². The normalized spacial score (nSPS) is 6.00. The summed E-state index contributed by atoms with van der Waals surface area (Å²) in [7, 11) is 0. The minimum Gasteiger partial charge on any atom is -1.00 e. The van der Waals surface area contributed by atoms with E-state index in [1.165, 1.54) is 0 Å². The van der Waals surface area contributed by atoms with Crippen LogP contribution in [0.4, 0.5) is 0 Å². The Hall–Kier alpha value is 0.440. The number of rotatable bonds is 0. The Morgan fingerprint density at radius 1 is 1.00 bits per heavy atom. The molecule has 0 spiro atoms. The van der Waals surface area contributed by atoms with Crippen molar-refractivity contribution in [2.45, 2.75) is 0 Å². The zero-order valence-electron chi connectivity index (χ0n) is 5.74. The Kier molecular flexibility index (Phi) is 10.5. The van der Waals surface area contributed by atoms with E-state index in [0.717, 1.165) is 0 Å². The zero-order chi connectivity index (χ0) is 4.24. The predicted molar refractivity (Wildman–Crippen MR) is 32.6 cm³/mol. The average Bonchev–Trinajstić information content (AvgIpc) is 1.72. The maximum atomic E-state index is 3.78. The summed E-state index contributed by atoms with van der Waals surface area (Å²) in [6.45, 7) is 0. The Bertz CT molecular complexity index is 88.9. The first-order valence-electron chi connectivity index (χ1n) is 1.85. The summed E-state index contributed by atoms with van der Waals surface area (Å²) in [6.07, 6.45) is 3.50. The molecule has 0 aromatic carbocycles. The van der Waals surface area contributed by atoms with Gasteiger partial charge in [-0.15, -0.1) is 12.4 Å². The van der Waals surface area contributed by atoms with Crippen LogP contribution in [0.5, 0.6) is 0 Å². The monoisotopic (exact) mass is 139 g/mol. The first-order valence-corrected chi connectivity index (χ1v) is 1.85. The van der Waals surface area contributed by atoms with Gasteiger partial charge in [-0.25, -0.2) is 0 Å². The minimum atomic E-state index is 0. The van der Waals surface area contributed by atoms with Crippen LogP contribution in [0.2, 0.25) is 0 Å². The summed E-state index contributed by atoms with van der Waals surface area (Å²) >= 11 is 0. The quantitative estimate of drug-likeness (QED) is 0.404. The minimum absolute atomic E-state index is 0. The Morgan fingerprint density at radius 2 is 1.50 bits per heavy atom. The smallest absolute Gasteiger partial charge is 1.00 e. The van der Waals surface area contributed by atoms with Crippen LogP contribution in [0.3, 0.4) is 0 Å². The van der Waals surface area contributed by atoms with E-state index in [0.29, 0.717) is 0 Å². The van der Waals surface area contributed by atoms with Gasteiger partial charge in [-0.05, 0) is 12.1 Å². The van der Waals surface area contributed by atoms with Gasteiger partial charge in [0.15, 0.2) is 0 Å². The van der Waals surface area contributed by atoms with E-state index in [9.17, 15) is 0 Å². The molecule has 0 saturated heterocycles. The molecule has 0 radical (unpaired) electrons. The van der Waals surface area contributed by atoms with E-state index in [4.69, 9.17) is 0 Å². The average molecular weight is 140 g/mol. The number of hydrogen-bond donors (Lipinski definition) is 0. The maximum absolute atomic E-state index is 3.78. The number of nitrogens with zero attached hydrogens (tertiary/aromatic N) is 1. The van der Waals surface area contributed by atoms with Crippen molar-refractivity contribution in [1.29, 1.82) is 0 Å². The van der Waals surface area contributed by atoms with Crippen LogP contribution in [-0.4, -0.2) is 4.98 Å². The van der Waals surface area contributed by atoms with Gasteiger partial charge in [0.05, 0.1) is 0 Å². The second-order valence-corrected chi connectivity index (χ2v) is 1.02. The van der Waals surface area contributed by atoms with Crippen LogP contribution in [0.15, 0.2) is 30.6 Å². The first-order chi connectivity index (χ1) is 3.00. The molecule has 1 rings (SSSR count). The van der Waals surface area contributed by atoms with Crippen molar-refractivity contribution in [1.82, 2.24) is 4.98 Å². The fourth-order valence-electron chi connectivity index (χ4n) is 0.313. The molecule has 0 atom stereocenters. The van der Waals surface area contributed by atoms with Gasteiger partial charge in [-0.1, -0.05) is 6.07 Å². The topological polar surface area (TPSA) is 12.9 Å². The Labute approximate surface area is 78.7 Å². The summed E-state index contributed by atoms with van der Waals surface area (Å²) in [5.41, 5.74) is 0. The summed E-state index contributed by atoms with van der Waals surface area (Å²) in [5.74, 6) is 0. The molecular weight excluding hydrogens is 133 g/mol. The third kappa shape index (κ3) is 4.60. The Balaban J connectivity index is -0.000000120. The van der Waals surface area contributed by atoms with E-state index < -0.39 is 0 Å². The van der Waals surface area contributed by atoms with E-state index >= 15 is 0 Å². The van der Waals surface area contributed by atoms with Gasteiger partial charge >= 0.3 is 29.6 Å². The van der Waals surface area contributed by atoms with Crippen molar-refractivity contribution in [3.05, 3.63) is 30.6 Å². The fourth-order valence-corrected chi connectivity index (χ4v) is 0.313. The van der Waals surface area contributed by atoms with Crippen LogP contribution in [0.1, 0.15) is 1.43 Å². The molecule has 0 aliphatic carbocycles. The molecule has 1 aromatic rings. The largest absolute Gasteiger partial charge is 1.00 e. The number of halogens is 1. The standard InChI is InChI=1S/C5H5N.ClH.Na.H/c1-2-4-6-5-3-1;;;/h1-5H;1H;;/q;;+1;-1. The van der Waals surface area contributed by atoms with Gasteiger partial charge in [0, 0.05) is 12.4 Å². The molecule has 8 heavy (non-hydrogen) atoms. The van der Waals surface area contributed by atoms with Gasteiger partial charge in [0.2, 0.25) is 0 Å². The van der Waals surface area contributed by atoms with E-state index in [2.05, 4.69) is 4.98 Å². The molecule has 1 nitrogen and oxygen atoms in total. The summed E-state index contributed by atoms with van der Waals surface area (Å²) in [5, 5.41) is 0. The van der Waals surface area contributed by atoms with Gasteiger partial charge in [0.1, 0.15) is 0 Å². The van der Waals surface area contributed by atoms with Gasteiger partial charge < -0.3 is 1.43 Å². The molecule has 0 aliphatic heterocycles. The van der Waals surface area contributed by atoms with E-state index in [1.54, 1.807) is 12.4 Å². The third-order valence-electron chi connectivity index (χ3n) is 0.566. The first kappa shape index (κ1) is 11.3. The molecule has 1 heterocycles. The fraction of sp³-hybridized carbons (Fsp3) is 0. The molecule has 0 fully saturated rings. The molecular formula is C5H7ClNNa. The van der Waals surface area contributed by atoms with Crippen molar-refractivity contribution in [2.24, 2.45) is 0 Å². The van der Waals surface area contributed by atoms with Crippen LogP contribution in [0, 0.1) is 0 Å². The van der Waals surface area contributed by atoms with Gasteiger partial charge in [-0.2, -0.15) is 0 Å². The van der Waals surface area contributed by atoms with Crippen molar-refractivity contribution in [2.75, 3.05) is 0 Å². The van der Waals surface area contributed by atoms with Crippen molar-refractivity contribution in [3.8, 4) is 0 Å². The van der Waals surface area contributed by atoms with Crippen LogP contribution in [0.25, 0.3) is 0 Å². The molecule has 0 bridgehead atoms. The predicted octanol–water partition coefficient (Wildman–Crippen LogP) is -1.38. The molecule has 0 saturated carbocycles. The molecule has 0 unspecified atom stereocenters. The maximum Gasteiger partial charge on any atom is 1.00 e. The molecule has 0 N–H and O–H groups in total. The van der Waals surface area contributed by atoms with Crippen LogP contribution >= 0.6 is 12.4 Å². The molecule has 40 valence electrons. The number of pyridine rings is 1. The van der Waals surface area contributed by atoms with Crippen molar-refractivity contribution < 1.29 is 31.0 Å². The molecule has 3 heteroatoms. The summed E-state index contributed by atoms with van der Waals surface area (Å²) < 4.78 is 0. The van der Waals surface area contributed by atoms with Crippen molar-refractivity contribution in [3.63, 3.8) is 0 Å². The molecule has 1 aromatic heterocycles. The van der Waals surface area contributed by atoms with Gasteiger partial charge in [-0.3, -0.25) is 4.98 Å². The van der Waals surface area contributed by atoms with Crippen molar-refractivity contribution >= 4 is 12.4 Å². The third-order valence-corrected chi connectivity index (χ3v) is 0.566. The summed E-state index contributed by atoms with van der Waals surface area (Å²) in [4.78, 5) is 3.78. The van der Waals surface area contributed by atoms with E-state index in [1.807, 2.05) is 18.2 Å². The molecule has 0 amide bonds. The second-order valence-electron chi connectivity index (χ2n) is 1.02.